The molecule has 0 fully saturated rings. The van der Waals surface area contributed by atoms with E-state index < -0.39 is 10.8 Å². The zero-order chi connectivity index (χ0) is 60.4. The Morgan fingerprint density at radius 2 is 0.506 bits per heavy atom. The number of terminal acetylenes is 5. The summed E-state index contributed by atoms with van der Waals surface area (Å²) in [6.07, 6.45) is 26.3. The van der Waals surface area contributed by atoms with E-state index in [2.05, 4.69) is 327 Å². The predicted molar refractivity (Wildman–Crippen MR) is 350 cm³/mol. The fourth-order valence-electron chi connectivity index (χ4n) is 9.51. The van der Waals surface area contributed by atoms with Gasteiger partial charge < -0.3 is 0 Å². The van der Waals surface area contributed by atoms with E-state index >= 15 is 0 Å². The summed E-state index contributed by atoms with van der Waals surface area (Å²) in [5.41, 5.74) is 10.2. The molecule has 2 aliphatic rings. The van der Waals surface area contributed by atoms with E-state index in [9.17, 15) is 0 Å². The molecule has 1 heteroatoms. The van der Waals surface area contributed by atoms with Crippen LogP contribution in [0.1, 0.15) is 22.3 Å². The molecule has 0 bridgehead atoms. The minimum atomic E-state index is -1.18. The van der Waals surface area contributed by atoms with Crippen LogP contribution >= 0.6 is 0 Å². The van der Waals surface area contributed by atoms with Crippen molar-refractivity contribution in [3.63, 3.8) is 0 Å². The highest BCUT2D eigenvalue weighted by atomic mass is 14.9. The maximum atomic E-state index is 5.33. The highest BCUT2D eigenvalue weighted by Gasteiger charge is 2.43. The molecule has 1 heterocycles. The van der Waals surface area contributed by atoms with E-state index in [-0.39, 0.29) is 0 Å². The van der Waals surface area contributed by atoms with Gasteiger partial charge in [-0.3, -0.25) is 4.57 Å². The molecule has 2 aliphatic carbocycles. The van der Waals surface area contributed by atoms with Gasteiger partial charge in [0.15, 0.2) is 0 Å². The summed E-state index contributed by atoms with van der Waals surface area (Å²) >= 11 is 0. The molecule has 0 atom stereocenters. The molecule has 6 aromatic carbocycles. The van der Waals surface area contributed by atoms with Crippen molar-refractivity contribution in [2.75, 3.05) is 0 Å². The van der Waals surface area contributed by atoms with E-state index in [0.29, 0.717) is 0 Å². The van der Waals surface area contributed by atoms with Gasteiger partial charge in [0.05, 0.1) is 11.0 Å². The van der Waals surface area contributed by atoms with Crippen LogP contribution in [-0.4, -0.2) is 4.57 Å². The Hall–Kier alpha value is -15.4. The molecule has 7 aromatic rings. The van der Waals surface area contributed by atoms with Crippen molar-refractivity contribution in [3.8, 4) is 331 Å². The lowest BCUT2D eigenvalue weighted by molar-refractivity contribution is 0.918. The van der Waals surface area contributed by atoms with Gasteiger partial charge in [-0.1, -0.05) is 109 Å². The first-order valence-corrected chi connectivity index (χ1v) is 25.5. The summed E-state index contributed by atoms with van der Waals surface area (Å²) in [5.74, 6) is 114. The number of fused-ring (bicyclic) bond motifs is 9. The topological polar surface area (TPSA) is 4.93 Å². The minimum Gasteiger partial charge on any atom is -0.268 e. The van der Waals surface area contributed by atoms with Crippen LogP contribution in [0.2, 0.25) is 0 Å². The van der Waals surface area contributed by atoms with Crippen LogP contribution in [0.5, 0.6) is 0 Å². The highest BCUT2D eigenvalue weighted by molar-refractivity contribution is 6.11. The molecule has 0 N–H and O–H groups in total. The SMILES string of the molecule is C#CC#CC#CC#CC#CC1(C#CC#CC#CC#CC#C)c2ccccc2-c2ccc(-c3ccc4c(c3)c3cc(-c5ccc6c(c5)C(C#CC#CC#CC#CC#C)(C#CC#CC#CC#CC#C)c5ccccc5-6)ccc3n4C#CC#CC#CC#C)cc21. The maximum absolute atomic E-state index is 5.33. The second-order valence-corrected chi connectivity index (χ2v) is 17.4. The molecule has 0 aliphatic heterocycles. The zero-order valence-corrected chi connectivity index (χ0v) is 45.4. The number of nitrogens with zero attached hydrogens (tertiary/aromatic N) is 1. The van der Waals surface area contributed by atoms with Gasteiger partial charge in [0, 0.05) is 34.6 Å². The Labute approximate surface area is 509 Å². The summed E-state index contributed by atoms with van der Waals surface area (Å²) < 4.78 is 1.92. The highest BCUT2D eigenvalue weighted by Crippen LogP contribution is 2.51. The van der Waals surface area contributed by atoms with Crippen LogP contribution < -0.4 is 0 Å². The van der Waals surface area contributed by atoms with Crippen LogP contribution in [0.3, 0.4) is 0 Å². The summed E-state index contributed by atoms with van der Waals surface area (Å²) in [6.45, 7) is 0. The van der Waals surface area contributed by atoms with Gasteiger partial charge in [0.2, 0.25) is 0 Å². The molecule has 0 radical (unpaired) electrons. The van der Waals surface area contributed by atoms with Crippen LogP contribution in [0.4, 0.5) is 0 Å². The molecule has 374 valence electrons. The quantitative estimate of drug-likeness (QED) is 0.152. The van der Waals surface area contributed by atoms with Crippen molar-refractivity contribution in [2.45, 2.75) is 10.8 Å². The van der Waals surface area contributed by atoms with Crippen LogP contribution in [0, 0.1) is 287 Å². The number of aromatic nitrogens is 1. The monoisotopic (exact) mass is 1070 g/mol. The standard InChI is InChI=1S/C86H25N/c1-6-11-16-21-26-30-34-43-60-85(61-44-35-31-27-22-17-12-7-2)79-50-41-39-48-73(79)75-56-52-71(67-81(75)85)69-54-58-83-77(65-69)78-66-70(55-59-84(78)87(83)64-47-38-25-20-15-10-5)72-53-57-76-74-49-40-42-51-80(74)86(82(76)68-72,62-45-36-32-28-23-18-13-8-3)63-46-37-33-29-24-19-14-9-4/h1-5,39-42,48-59,65-68H. The van der Waals surface area contributed by atoms with Gasteiger partial charge in [0.1, 0.15) is 10.8 Å². The smallest absolute Gasteiger partial charge is 0.145 e. The molecule has 87 heavy (non-hydrogen) atoms. The molecule has 1 nitrogen and oxygen atoms in total. The van der Waals surface area contributed by atoms with Crippen molar-refractivity contribution in [2.24, 2.45) is 0 Å². The van der Waals surface area contributed by atoms with Crippen LogP contribution in [-0.2, 0) is 10.8 Å². The van der Waals surface area contributed by atoms with E-state index in [1.807, 2.05) is 53.1 Å². The molecule has 0 spiro atoms. The van der Waals surface area contributed by atoms with Gasteiger partial charge in [0.25, 0.3) is 0 Å². The first-order chi connectivity index (χ1) is 43.0. The Morgan fingerprint density at radius 1 is 0.241 bits per heavy atom. The van der Waals surface area contributed by atoms with Crippen molar-refractivity contribution in [1.82, 2.24) is 4.57 Å². The van der Waals surface area contributed by atoms with Crippen molar-refractivity contribution in [1.29, 1.82) is 0 Å². The third-order valence-corrected chi connectivity index (χ3v) is 12.8. The fraction of sp³-hybridized carbons (Fsp3) is 0.0233. The number of benzene rings is 6. The number of hydrogen-bond donors (Lipinski definition) is 0. The molecule has 0 saturated carbocycles. The predicted octanol–water partition coefficient (Wildman–Crippen LogP) is 9.70. The van der Waals surface area contributed by atoms with Crippen LogP contribution in [0.15, 0.2) is 121 Å². The fourth-order valence-corrected chi connectivity index (χ4v) is 9.51. The number of hydrogen-bond acceptors (Lipinski definition) is 0. The normalized spacial score (nSPS) is 9.60. The lowest BCUT2D eigenvalue weighted by Crippen LogP contribution is -2.21. The van der Waals surface area contributed by atoms with Gasteiger partial charge in [-0.05, 0) is 310 Å². The summed E-state index contributed by atoms with van der Waals surface area (Å²) in [7, 11) is 0. The Bertz CT molecular complexity index is 5330. The van der Waals surface area contributed by atoms with Crippen molar-refractivity contribution < 1.29 is 0 Å². The molecule has 0 unspecified atom stereocenters. The molecular formula is C86H25N. The van der Waals surface area contributed by atoms with Gasteiger partial charge in [-0.15, -0.1) is 32.1 Å². The Balaban J connectivity index is 1.23. The second kappa shape index (κ2) is 27.9. The first kappa shape index (κ1) is 56.3. The summed E-state index contributed by atoms with van der Waals surface area (Å²) in [4.78, 5) is 0. The van der Waals surface area contributed by atoms with E-state index in [4.69, 9.17) is 32.1 Å². The Kier molecular flexibility index (Phi) is 18.1. The summed E-state index contributed by atoms with van der Waals surface area (Å²) in [6, 6.07) is 44.4. The van der Waals surface area contributed by atoms with Crippen molar-refractivity contribution in [3.05, 3.63) is 144 Å². The first-order valence-electron chi connectivity index (χ1n) is 25.5. The minimum absolute atomic E-state index is 0.838. The average Bonchev–Trinajstić information content (AvgIpc) is 1.62. The largest absolute Gasteiger partial charge is 0.268 e. The Morgan fingerprint density at radius 3 is 0.839 bits per heavy atom. The number of rotatable bonds is 2. The van der Waals surface area contributed by atoms with Gasteiger partial charge >= 0.3 is 0 Å². The second-order valence-electron chi connectivity index (χ2n) is 17.4. The molecule has 0 saturated heterocycles. The molecule has 9 rings (SSSR count). The van der Waals surface area contributed by atoms with Gasteiger partial charge in [-0.25, -0.2) is 0 Å². The maximum Gasteiger partial charge on any atom is 0.145 e. The molecule has 1 aromatic heterocycles. The van der Waals surface area contributed by atoms with E-state index in [0.717, 1.165) is 88.6 Å². The van der Waals surface area contributed by atoms with Gasteiger partial charge in [-0.2, -0.15) is 0 Å². The lowest BCUT2D eigenvalue weighted by atomic mass is 9.78. The van der Waals surface area contributed by atoms with Crippen molar-refractivity contribution >= 4 is 21.8 Å². The molecular weight excluding hydrogens is 1050 g/mol. The average molecular weight is 1070 g/mol. The van der Waals surface area contributed by atoms with E-state index in [1.54, 1.807) is 0 Å². The lowest BCUT2D eigenvalue weighted by Gasteiger charge is -2.20. The third kappa shape index (κ3) is 12.6. The summed E-state index contributed by atoms with van der Waals surface area (Å²) in [5, 5.41) is 1.83. The third-order valence-electron chi connectivity index (χ3n) is 12.8. The zero-order valence-electron chi connectivity index (χ0n) is 45.4. The van der Waals surface area contributed by atoms with E-state index in [1.165, 1.54) is 0 Å². The molecule has 0 amide bonds. The van der Waals surface area contributed by atoms with Crippen LogP contribution in [0.25, 0.3) is 66.3 Å².